The van der Waals surface area contributed by atoms with Gasteiger partial charge >= 0.3 is 0 Å². The third kappa shape index (κ3) is 4.46. The summed E-state index contributed by atoms with van der Waals surface area (Å²) in [6, 6.07) is 4.09. The van der Waals surface area contributed by atoms with Gasteiger partial charge in [-0.05, 0) is 36.6 Å². The van der Waals surface area contributed by atoms with Gasteiger partial charge < -0.3 is 20.7 Å². The molecule has 0 saturated carbocycles. The number of sulfonamides is 1. The van der Waals surface area contributed by atoms with Gasteiger partial charge in [-0.15, -0.1) is 0 Å². The van der Waals surface area contributed by atoms with Gasteiger partial charge in [0, 0.05) is 36.3 Å². The number of hydrogen-bond acceptors (Lipinski definition) is 6. The molecule has 0 bridgehead atoms. The third-order valence-corrected chi connectivity index (χ3v) is 8.86. The lowest BCUT2D eigenvalue weighted by Gasteiger charge is -2.36. The van der Waals surface area contributed by atoms with E-state index in [2.05, 4.69) is 21.2 Å². The maximum absolute atomic E-state index is 13.7. The Labute approximate surface area is 190 Å². The van der Waals surface area contributed by atoms with Crippen LogP contribution in [0.2, 0.25) is 0 Å². The van der Waals surface area contributed by atoms with Gasteiger partial charge in [0.15, 0.2) is 0 Å². The van der Waals surface area contributed by atoms with Crippen LogP contribution in [-0.4, -0.2) is 74.4 Å². The zero-order chi connectivity index (χ0) is 22.2. The van der Waals surface area contributed by atoms with Gasteiger partial charge in [-0.2, -0.15) is 4.31 Å². The molecule has 3 unspecified atom stereocenters. The first-order chi connectivity index (χ1) is 14.8. The fourth-order valence-electron chi connectivity index (χ4n) is 4.54. The quantitative estimate of drug-likeness (QED) is 0.622. The monoisotopic (exact) mass is 514 g/mol. The highest BCUT2D eigenvalue weighted by Gasteiger charge is 2.48. The van der Waals surface area contributed by atoms with E-state index in [1.54, 1.807) is 23.1 Å². The fraction of sp³-hybridized carbons (Fsp3) is 0.600. The van der Waals surface area contributed by atoms with Gasteiger partial charge in [-0.25, -0.2) is 8.42 Å². The van der Waals surface area contributed by atoms with E-state index in [1.807, 2.05) is 0 Å². The van der Waals surface area contributed by atoms with E-state index < -0.39 is 33.3 Å². The van der Waals surface area contributed by atoms with Gasteiger partial charge in [0.05, 0.1) is 6.61 Å². The smallest absolute Gasteiger partial charge is 0.253 e. The van der Waals surface area contributed by atoms with E-state index in [0.717, 1.165) is 25.7 Å². The second-order valence-corrected chi connectivity index (χ2v) is 11.1. The van der Waals surface area contributed by atoms with Crippen molar-refractivity contribution in [2.75, 3.05) is 38.1 Å². The molecule has 0 aliphatic carbocycles. The molecule has 4 rings (SSSR count). The van der Waals surface area contributed by atoms with E-state index >= 15 is 0 Å². The van der Waals surface area contributed by atoms with E-state index in [9.17, 15) is 18.0 Å². The van der Waals surface area contributed by atoms with Crippen molar-refractivity contribution >= 4 is 43.5 Å². The molecule has 3 atom stereocenters. The molecule has 2 amide bonds. The number of amides is 2. The number of carbonyl (C=O) groups excluding carboxylic acids is 2. The fourth-order valence-corrected chi connectivity index (χ4v) is 6.97. The summed E-state index contributed by atoms with van der Waals surface area (Å²) < 4.78 is 35.0. The number of anilines is 1. The lowest BCUT2D eigenvalue weighted by atomic mass is 10.1. The minimum atomic E-state index is -3.99. The molecular weight excluding hydrogens is 488 g/mol. The molecule has 3 aliphatic rings. The van der Waals surface area contributed by atoms with Crippen molar-refractivity contribution in [3.63, 3.8) is 0 Å². The average Bonchev–Trinajstić information content (AvgIpc) is 2.93. The number of likely N-dealkylation sites (tertiary alicyclic amines) is 1. The molecule has 9 nitrogen and oxygen atoms in total. The van der Waals surface area contributed by atoms with Gasteiger partial charge in [0.25, 0.3) is 5.91 Å². The van der Waals surface area contributed by atoms with Crippen LogP contribution in [0.5, 0.6) is 0 Å². The number of ether oxygens (including phenoxy) is 1. The molecular formula is C20H27BrN4O5S. The van der Waals surface area contributed by atoms with Crippen LogP contribution in [0, 0.1) is 0 Å². The Bertz CT molecular complexity index is 964. The molecule has 3 N–H and O–H groups in total. The summed E-state index contributed by atoms with van der Waals surface area (Å²) in [6.07, 6.45) is 3.23. The molecule has 0 spiro atoms. The predicted molar refractivity (Wildman–Crippen MR) is 119 cm³/mol. The zero-order valence-corrected chi connectivity index (χ0v) is 19.5. The second-order valence-electron chi connectivity index (χ2n) is 8.18. The van der Waals surface area contributed by atoms with Crippen LogP contribution < -0.4 is 11.1 Å². The minimum absolute atomic E-state index is 0.0665. The first kappa shape index (κ1) is 22.5. The Balaban J connectivity index is 1.58. The Morgan fingerprint density at radius 2 is 1.84 bits per heavy atom. The van der Waals surface area contributed by atoms with Crippen molar-refractivity contribution < 1.29 is 22.7 Å². The molecule has 170 valence electrons. The summed E-state index contributed by atoms with van der Waals surface area (Å²) in [5.74, 6) is -0.910. The summed E-state index contributed by atoms with van der Waals surface area (Å²) in [7, 11) is -3.99. The highest BCUT2D eigenvalue weighted by Crippen LogP contribution is 2.42. The summed E-state index contributed by atoms with van der Waals surface area (Å²) in [6.45, 7) is 1.52. The maximum Gasteiger partial charge on any atom is 0.253 e. The summed E-state index contributed by atoms with van der Waals surface area (Å²) >= 11 is 3.37. The number of benzene rings is 1. The van der Waals surface area contributed by atoms with E-state index in [4.69, 9.17) is 10.5 Å². The number of carbonyl (C=O) groups is 2. The Hall–Kier alpha value is -1.69. The second kappa shape index (κ2) is 9.05. The average molecular weight is 515 g/mol. The standard InChI is InChI=1S/C20H27BrN4O5S/c21-13-5-6-15-14(11-13)18(17(23-15)19(22)26)31(28,29)25-9-10-30-16(12-25)20(27)24-7-3-1-2-4-8-24/h5-6,11,16-18,23H,1-4,7-10,12H2,(H2,22,26). The molecule has 2 fully saturated rings. The van der Waals surface area contributed by atoms with E-state index in [1.165, 1.54) is 4.31 Å². The zero-order valence-electron chi connectivity index (χ0n) is 17.1. The highest BCUT2D eigenvalue weighted by molar-refractivity contribution is 9.10. The minimum Gasteiger partial charge on any atom is -0.372 e. The van der Waals surface area contributed by atoms with Crippen LogP contribution >= 0.6 is 15.9 Å². The van der Waals surface area contributed by atoms with Gasteiger partial charge in [0.1, 0.15) is 17.4 Å². The van der Waals surface area contributed by atoms with E-state index in [-0.39, 0.29) is 25.6 Å². The molecule has 11 heteroatoms. The van der Waals surface area contributed by atoms with Crippen LogP contribution in [0.4, 0.5) is 5.69 Å². The molecule has 2 saturated heterocycles. The number of morpholine rings is 1. The Morgan fingerprint density at radius 3 is 2.52 bits per heavy atom. The predicted octanol–water partition coefficient (Wildman–Crippen LogP) is 1.20. The Kier molecular flexibility index (Phi) is 6.57. The van der Waals surface area contributed by atoms with Crippen LogP contribution in [-0.2, 0) is 24.3 Å². The highest BCUT2D eigenvalue weighted by atomic mass is 79.9. The van der Waals surface area contributed by atoms with Crippen LogP contribution in [0.3, 0.4) is 0 Å². The number of hydrogen-bond donors (Lipinski definition) is 2. The van der Waals surface area contributed by atoms with Crippen LogP contribution in [0.1, 0.15) is 36.5 Å². The van der Waals surface area contributed by atoms with Crippen molar-refractivity contribution in [1.82, 2.24) is 9.21 Å². The maximum atomic E-state index is 13.7. The Morgan fingerprint density at radius 1 is 1.13 bits per heavy atom. The van der Waals surface area contributed by atoms with Crippen LogP contribution in [0.25, 0.3) is 0 Å². The molecule has 3 aliphatic heterocycles. The van der Waals surface area contributed by atoms with Gasteiger partial charge in [-0.1, -0.05) is 28.8 Å². The largest absolute Gasteiger partial charge is 0.372 e. The van der Waals surface area contributed by atoms with Crippen molar-refractivity contribution in [1.29, 1.82) is 0 Å². The summed E-state index contributed by atoms with van der Waals surface area (Å²) in [4.78, 5) is 26.9. The summed E-state index contributed by atoms with van der Waals surface area (Å²) in [5, 5.41) is 1.78. The number of nitrogens with zero attached hydrogens (tertiary/aromatic N) is 2. The molecule has 0 radical (unpaired) electrons. The van der Waals surface area contributed by atoms with Crippen molar-refractivity contribution in [3.8, 4) is 0 Å². The molecule has 3 heterocycles. The SMILES string of the molecule is NC(=O)C1Nc2ccc(Br)cc2C1S(=O)(=O)N1CCOC(C(=O)N2CCCCCC2)C1. The van der Waals surface area contributed by atoms with Crippen molar-refractivity contribution in [3.05, 3.63) is 28.2 Å². The first-order valence-electron chi connectivity index (χ1n) is 10.5. The summed E-state index contributed by atoms with van der Waals surface area (Å²) in [5.41, 5.74) is 6.59. The topological polar surface area (TPSA) is 122 Å². The molecule has 1 aromatic rings. The normalized spacial score (nSPS) is 27.3. The molecule has 0 aromatic heterocycles. The van der Waals surface area contributed by atoms with E-state index in [0.29, 0.717) is 28.8 Å². The lowest BCUT2D eigenvalue weighted by molar-refractivity contribution is -0.147. The van der Waals surface area contributed by atoms with Crippen molar-refractivity contribution in [2.24, 2.45) is 5.73 Å². The number of halogens is 1. The number of fused-ring (bicyclic) bond motifs is 1. The molecule has 31 heavy (non-hydrogen) atoms. The lowest BCUT2D eigenvalue weighted by Crippen LogP contribution is -2.54. The van der Waals surface area contributed by atoms with Gasteiger partial charge in [-0.3, -0.25) is 9.59 Å². The number of nitrogens with one attached hydrogen (secondary N) is 1. The van der Waals surface area contributed by atoms with Crippen LogP contribution in [0.15, 0.2) is 22.7 Å². The number of nitrogens with two attached hydrogens (primary N) is 1. The molecule has 1 aromatic carbocycles. The number of primary amides is 1. The number of rotatable bonds is 4. The third-order valence-electron chi connectivity index (χ3n) is 6.14. The van der Waals surface area contributed by atoms with Gasteiger partial charge in [0.2, 0.25) is 15.9 Å². The first-order valence-corrected chi connectivity index (χ1v) is 12.8. The van der Waals surface area contributed by atoms with Crippen molar-refractivity contribution in [2.45, 2.75) is 43.1 Å².